The number of thioether (sulfide) groups is 1. The Hall–Kier alpha value is -3.25. The molecule has 1 aliphatic carbocycles. The molecule has 12 heteroatoms. The van der Waals surface area contributed by atoms with Crippen LogP contribution in [0, 0.1) is 11.6 Å². The quantitative estimate of drug-likeness (QED) is 0.208. The van der Waals surface area contributed by atoms with Gasteiger partial charge in [-0.1, -0.05) is 17.8 Å². The van der Waals surface area contributed by atoms with Gasteiger partial charge >= 0.3 is 5.97 Å². The molecule has 1 unspecified atom stereocenters. The summed E-state index contributed by atoms with van der Waals surface area (Å²) >= 11 is 2.58. The van der Waals surface area contributed by atoms with Gasteiger partial charge in [-0.15, -0.1) is 28.1 Å². The fraction of sp³-hybridized carbons (Fsp3) is 0.360. The molecule has 0 saturated heterocycles. The van der Waals surface area contributed by atoms with Crippen LogP contribution in [-0.4, -0.2) is 39.5 Å². The highest BCUT2D eigenvalue weighted by Crippen LogP contribution is 2.38. The van der Waals surface area contributed by atoms with E-state index < -0.39 is 23.7 Å². The van der Waals surface area contributed by atoms with Gasteiger partial charge in [-0.3, -0.25) is 9.36 Å². The molecule has 2 aromatic heterocycles. The first-order valence-corrected chi connectivity index (χ1v) is 13.4. The fourth-order valence-corrected chi connectivity index (χ4v) is 6.14. The summed E-state index contributed by atoms with van der Waals surface area (Å²) in [6.45, 7) is 5.75. The number of nitrogens with zero attached hydrogens (tertiary/aromatic N) is 3. The summed E-state index contributed by atoms with van der Waals surface area (Å²) in [7, 11) is 1.33. The topological polar surface area (TPSA) is 95.3 Å². The number of carbonyl (C=O) groups is 2. The number of rotatable bonds is 10. The molecule has 3 aromatic rings. The van der Waals surface area contributed by atoms with E-state index in [4.69, 9.17) is 9.47 Å². The highest BCUT2D eigenvalue weighted by atomic mass is 32.2. The lowest BCUT2D eigenvalue weighted by Crippen LogP contribution is -2.17. The largest absolute Gasteiger partial charge is 0.480 e. The number of carbonyl (C=O) groups excluding carboxylic acids is 2. The Balaban J connectivity index is 1.46. The van der Waals surface area contributed by atoms with E-state index in [1.165, 1.54) is 24.5 Å². The number of esters is 1. The smallest absolute Gasteiger partial charge is 0.341 e. The van der Waals surface area contributed by atoms with Crippen molar-refractivity contribution in [2.24, 2.45) is 0 Å². The molecule has 8 nitrogen and oxygen atoms in total. The van der Waals surface area contributed by atoms with Gasteiger partial charge in [0.1, 0.15) is 10.8 Å². The number of fused-ring (bicyclic) bond motifs is 1. The minimum atomic E-state index is -0.825. The Labute approximate surface area is 221 Å². The molecule has 2 heterocycles. The molecule has 1 atom stereocenters. The third-order valence-corrected chi connectivity index (χ3v) is 7.94. The van der Waals surface area contributed by atoms with Crippen molar-refractivity contribution in [1.29, 1.82) is 0 Å². The molecule has 1 aromatic carbocycles. The van der Waals surface area contributed by atoms with Crippen LogP contribution >= 0.6 is 23.1 Å². The molecule has 1 aliphatic rings. The molecule has 196 valence electrons. The van der Waals surface area contributed by atoms with E-state index in [2.05, 4.69) is 22.1 Å². The van der Waals surface area contributed by atoms with Gasteiger partial charge in [0.2, 0.25) is 5.91 Å². The summed E-state index contributed by atoms with van der Waals surface area (Å²) in [4.78, 5) is 26.4. The molecule has 0 aliphatic heterocycles. The van der Waals surface area contributed by atoms with Crippen LogP contribution in [0.1, 0.15) is 52.5 Å². The van der Waals surface area contributed by atoms with Crippen molar-refractivity contribution in [2.75, 3.05) is 18.2 Å². The lowest BCUT2D eigenvalue weighted by molar-refractivity contribution is -0.113. The summed E-state index contributed by atoms with van der Waals surface area (Å²) in [6.07, 6.45) is 4.64. The van der Waals surface area contributed by atoms with Gasteiger partial charge in [0, 0.05) is 17.5 Å². The first-order valence-electron chi connectivity index (χ1n) is 11.6. The number of halogens is 2. The molecular weight excluding hydrogens is 522 g/mol. The molecule has 0 fully saturated rings. The normalized spacial score (nSPS) is 13.5. The minimum absolute atomic E-state index is 0.0142. The standard InChI is InChI=1S/C25H26F2N4O4S2/c1-4-11-31-22(14(2)35-18-10-9-15(26)12-17(18)27)29-30-25(31)36-13-20(32)28-23-21(24(33)34-3)16-7-5-6-8-19(16)37-23/h4,9-10,12,14H,1,5-8,11,13H2,2-3H3,(H,28,32). The van der Waals surface area contributed by atoms with Gasteiger partial charge in [0.15, 0.2) is 28.7 Å². The van der Waals surface area contributed by atoms with E-state index in [9.17, 15) is 18.4 Å². The molecular formula is C25H26F2N4O4S2. The molecule has 1 N–H and O–H groups in total. The van der Waals surface area contributed by atoms with Crippen molar-refractivity contribution in [3.63, 3.8) is 0 Å². The minimum Gasteiger partial charge on any atom is -0.480 e. The highest BCUT2D eigenvalue weighted by Gasteiger charge is 2.27. The summed E-state index contributed by atoms with van der Waals surface area (Å²) in [5.74, 6) is -1.99. The van der Waals surface area contributed by atoms with Gasteiger partial charge in [0.05, 0.1) is 18.4 Å². The highest BCUT2D eigenvalue weighted by molar-refractivity contribution is 7.99. The number of amides is 1. The summed E-state index contributed by atoms with van der Waals surface area (Å²) in [5, 5.41) is 12.1. The second-order valence-electron chi connectivity index (χ2n) is 8.32. The Bertz CT molecular complexity index is 1320. The van der Waals surface area contributed by atoms with Gasteiger partial charge in [0.25, 0.3) is 0 Å². The fourth-order valence-electron chi connectivity index (χ4n) is 4.09. The third kappa shape index (κ3) is 6.02. The van der Waals surface area contributed by atoms with Crippen LogP contribution in [0.25, 0.3) is 0 Å². The maximum Gasteiger partial charge on any atom is 0.341 e. The van der Waals surface area contributed by atoms with Crippen LogP contribution in [0.4, 0.5) is 13.8 Å². The number of allylic oxidation sites excluding steroid dienone is 1. The van der Waals surface area contributed by atoms with Crippen LogP contribution in [0.15, 0.2) is 36.0 Å². The van der Waals surface area contributed by atoms with E-state index in [0.29, 0.717) is 28.1 Å². The lowest BCUT2D eigenvalue weighted by Gasteiger charge is -2.16. The lowest BCUT2D eigenvalue weighted by atomic mass is 9.95. The average molecular weight is 549 g/mol. The number of benzene rings is 1. The molecule has 0 saturated carbocycles. The van der Waals surface area contributed by atoms with Crippen LogP contribution in [-0.2, 0) is 28.9 Å². The van der Waals surface area contributed by atoms with E-state index in [0.717, 1.165) is 60.0 Å². The second kappa shape index (κ2) is 11.9. The van der Waals surface area contributed by atoms with Crippen LogP contribution in [0.2, 0.25) is 0 Å². The number of nitrogens with one attached hydrogen (secondary N) is 1. The maximum absolute atomic E-state index is 14.0. The Morgan fingerprint density at radius 1 is 1.30 bits per heavy atom. The van der Waals surface area contributed by atoms with E-state index >= 15 is 0 Å². The summed E-state index contributed by atoms with van der Waals surface area (Å²) in [6, 6.07) is 3.06. The molecule has 1 amide bonds. The summed E-state index contributed by atoms with van der Waals surface area (Å²) in [5.41, 5.74) is 1.41. The van der Waals surface area contributed by atoms with Gasteiger partial charge in [-0.05, 0) is 50.3 Å². The zero-order chi connectivity index (χ0) is 26.5. The van der Waals surface area contributed by atoms with Gasteiger partial charge in [-0.2, -0.15) is 0 Å². The van der Waals surface area contributed by atoms with Crippen LogP contribution in [0.3, 0.4) is 0 Å². The predicted octanol–water partition coefficient (Wildman–Crippen LogP) is 5.34. The van der Waals surface area contributed by atoms with E-state index in [-0.39, 0.29) is 17.4 Å². The maximum atomic E-state index is 14.0. The monoisotopic (exact) mass is 548 g/mol. The Morgan fingerprint density at radius 3 is 2.81 bits per heavy atom. The second-order valence-corrected chi connectivity index (χ2v) is 10.4. The Morgan fingerprint density at radius 2 is 2.08 bits per heavy atom. The van der Waals surface area contributed by atoms with Crippen molar-refractivity contribution in [3.05, 3.63) is 64.3 Å². The molecule has 0 bridgehead atoms. The first kappa shape index (κ1) is 26.8. The average Bonchev–Trinajstić information content (AvgIpc) is 3.45. The number of aromatic nitrogens is 3. The number of anilines is 1. The van der Waals surface area contributed by atoms with Crippen LogP contribution in [0.5, 0.6) is 5.75 Å². The van der Waals surface area contributed by atoms with Crippen molar-refractivity contribution in [2.45, 2.75) is 50.4 Å². The van der Waals surface area contributed by atoms with Crippen LogP contribution < -0.4 is 10.1 Å². The molecule has 0 spiro atoms. The molecule has 37 heavy (non-hydrogen) atoms. The zero-order valence-electron chi connectivity index (χ0n) is 20.4. The number of methoxy groups -OCH3 is 1. The van der Waals surface area contributed by atoms with Gasteiger partial charge in [-0.25, -0.2) is 13.6 Å². The number of aryl methyl sites for hydroxylation is 1. The van der Waals surface area contributed by atoms with E-state index in [1.54, 1.807) is 17.6 Å². The predicted molar refractivity (Wildman–Crippen MR) is 137 cm³/mol. The van der Waals surface area contributed by atoms with Gasteiger partial charge < -0.3 is 14.8 Å². The number of ether oxygens (including phenoxy) is 2. The molecule has 0 radical (unpaired) electrons. The zero-order valence-corrected chi connectivity index (χ0v) is 22.0. The van der Waals surface area contributed by atoms with Crippen molar-refractivity contribution >= 4 is 40.0 Å². The molecule has 4 rings (SSSR count). The summed E-state index contributed by atoms with van der Waals surface area (Å²) < 4.78 is 39.6. The third-order valence-electron chi connectivity index (χ3n) is 5.76. The van der Waals surface area contributed by atoms with Crippen molar-refractivity contribution in [3.8, 4) is 5.75 Å². The Kier molecular flexibility index (Phi) is 8.59. The van der Waals surface area contributed by atoms with Crippen molar-refractivity contribution < 1.29 is 27.8 Å². The number of hydrogen-bond donors (Lipinski definition) is 1. The van der Waals surface area contributed by atoms with E-state index in [1.807, 2.05) is 0 Å². The SMILES string of the molecule is C=CCn1c(SCC(=O)Nc2sc3c(c2C(=O)OC)CCCC3)nnc1C(C)Oc1ccc(F)cc1F. The number of hydrogen-bond acceptors (Lipinski definition) is 8. The first-order chi connectivity index (χ1) is 17.8. The van der Waals surface area contributed by atoms with Crippen molar-refractivity contribution in [1.82, 2.24) is 14.8 Å². The number of thiophene rings is 1.